The van der Waals surface area contributed by atoms with Gasteiger partial charge < -0.3 is 10.0 Å². The van der Waals surface area contributed by atoms with E-state index in [1.807, 2.05) is 42.3 Å². The molecule has 0 bridgehead atoms. The molecule has 0 aromatic heterocycles. The highest BCUT2D eigenvalue weighted by atomic mass is 16.3. The first-order chi connectivity index (χ1) is 11.2. The van der Waals surface area contributed by atoms with Crippen LogP contribution >= 0.6 is 0 Å². The molecule has 0 saturated carbocycles. The van der Waals surface area contributed by atoms with Gasteiger partial charge in [-0.15, -0.1) is 6.42 Å². The normalized spacial score (nSPS) is 17.4. The van der Waals surface area contributed by atoms with Crippen LogP contribution in [0.15, 0.2) is 30.3 Å². The van der Waals surface area contributed by atoms with Crippen LogP contribution in [-0.4, -0.2) is 54.1 Å². The zero-order valence-electron chi connectivity index (χ0n) is 13.8. The molecule has 1 unspecified atom stereocenters. The fourth-order valence-electron chi connectivity index (χ4n) is 3.29. The van der Waals surface area contributed by atoms with E-state index in [2.05, 4.69) is 10.8 Å². The van der Waals surface area contributed by atoms with Crippen molar-refractivity contribution in [2.75, 3.05) is 33.3 Å². The number of carbonyl (C=O) groups is 1. The van der Waals surface area contributed by atoms with Gasteiger partial charge in [-0.25, -0.2) is 0 Å². The molecule has 23 heavy (non-hydrogen) atoms. The SMILES string of the molecule is C#CCN1CCC(C(=O)N(C)C(CCO)c2ccccc2)CC1. The lowest BCUT2D eigenvalue weighted by Gasteiger charge is -2.35. The second-order valence-electron chi connectivity index (χ2n) is 6.14. The molecule has 4 nitrogen and oxygen atoms in total. The van der Waals surface area contributed by atoms with Crippen LogP contribution < -0.4 is 0 Å². The molecular formula is C19H26N2O2. The number of hydrogen-bond acceptors (Lipinski definition) is 3. The Kier molecular flexibility index (Phi) is 6.64. The summed E-state index contributed by atoms with van der Waals surface area (Å²) >= 11 is 0. The van der Waals surface area contributed by atoms with E-state index in [0.29, 0.717) is 13.0 Å². The van der Waals surface area contributed by atoms with Crippen molar-refractivity contribution >= 4 is 5.91 Å². The number of likely N-dealkylation sites (tertiary alicyclic amines) is 1. The molecule has 1 aromatic carbocycles. The van der Waals surface area contributed by atoms with Crippen molar-refractivity contribution in [1.29, 1.82) is 0 Å². The van der Waals surface area contributed by atoms with Gasteiger partial charge in [0.2, 0.25) is 5.91 Å². The third kappa shape index (κ3) is 4.57. The lowest BCUT2D eigenvalue weighted by molar-refractivity contribution is -0.138. The van der Waals surface area contributed by atoms with Crippen LogP contribution in [0.4, 0.5) is 0 Å². The minimum absolute atomic E-state index is 0.0546. The fourth-order valence-corrected chi connectivity index (χ4v) is 3.29. The molecule has 2 rings (SSSR count). The maximum absolute atomic E-state index is 12.8. The lowest BCUT2D eigenvalue weighted by atomic mass is 9.93. The second-order valence-corrected chi connectivity index (χ2v) is 6.14. The molecule has 1 amide bonds. The van der Waals surface area contributed by atoms with E-state index in [1.165, 1.54) is 0 Å². The molecule has 1 heterocycles. The van der Waals surface area contributed by atoms with E-state index in [9.17, 15) is 9.90 Å². The summed E-state index contributed by atoms with van der Waals surface area (Å²) < 4.78 is 0. The molecule has 0 aliphatic carbocycles. The number of amides is 1. The third-order valence-electron chi connectivity index (χ3n) is 4.65. The fraction of sp³-hybridized carbons (Fsp3) is 0.526. The Morgan fingerprint density at radius 3 is 2.61 bits per heavy atom. The molecular weight excluding hydrogens is 288 g/mol. The predicted molar refractivity (Wildman–Crippen MR) is 91.7 cm³/mol. The molecule has 1 saturated heterocycles. The number of carbonyl (C=O) groups excluding carboxylic acids is 1. The van der Waals surface area contributed by atoms with E-state index < -0.39 is 0 Å². The van der Waals surface area contributed by atoms with Gasteiger partial charge >= 0.3 is 0 Å². The average molecular weight is 314 g/mol. The number of hydrogen-bond donors (Lipinski definition) is 1. The monoisotopic (exact) mass is 314 g/mol. The van der Waals surface area contributed by atoms with E-state index in [0.717, 1.165) is 31.5 Å². The Balaban J connectivity index is 2.01. The quantitative estimate of drug-likeness (QED) is 0.816. The standard InChI is InChI=1S/C19H26N2O2/c1-3-12-21-13-9-17(10-14-21)19(23)20(2)18(11-15-22)16-7-5-4-6-8-16/h1,4-8,17-18,22H,9-15H2,2H3. The van der Waals surface area contributed by atoms with E-state index in [1.54, 1.807) is 0 Å². The molecule has 0 radical (unpaired) electrons. The maximum atomic E-state index is 12.8. The van der Waals surface area contributed by atoms with Crippen LogP contribution in [0.25, 0.3) is 0 Å². The number of terminal acetylenes is 1. The van der Waals surface area contributed by atoms with Crippen molar-refractivity contribution < 1.29 is 9.90 Å². The van der Waals surface area contributed by atoms with Crippen molar-refractivity contribution in [3.05, 3.63) is 35.9 Å². The summed E-state index contributed by atoms with van der Waals surface area (Å²) in [6.45, 7) is 2.49. The van der Waals surface area contributed by atoms with Crippen LogP contribution in [0.5, 0.6) is 0 Å². The van der Waals surface area contributed by atoms with E-state index in [4.69, 9.17) is 6.42 Å². The molecule has 1 N–H and O–H groups in total. The first-order valence-electron chi connectivity index (χ1n) is 8.25. The molecule has 124 valence electrons. The van der Waals surface area contributed by atoms with Gasteiger partial charge in [-0.2, -0.15) is 0 Å². The molecule has 1 aromatic rings. The van der Waals surface area contributed by atoms with Crippen LogP contribution in [0, 0.1) is 18.3 Å². The van der Waals surface area contributed by atoms with Gasteiger partial charge in [0.15, 0.2) is 0 Å². The average Bonchev–Trinajstić information content (AvgIpc) is 2.60. The van der Waals surface area contributed by atoms with Crippen LogP contribution in [-0.2, 0) is 4.79 Å². The van der Waals surface area contributed by atoms with Crippen molar-refractivity contribution in [1.82, 2.24) is 9.80 Å². The van der Waals surface area contributed by atoms with Gasteiger partial charge in [0.25, 0.3) is 0 Å². The Labute approximate surface area is 139 Å². The summed E-state index contributed by atoms with van der Waals surface area (Å²) in [5.74, 6) is 2.89. The highest BCUT2D eigenvalue weighted by Gasteiger charge is 2.30. The summed E-state index contributed by atoms with van der Waals surface area (Å²) in [7, 11) is 1.85. The Bertz CT molecular complexity index is 530. The second kappa shape index (κ2) is 8.71. The molecule has 1 fully saturated rings. The zero-order chi connectivity index (χ0) is 16.7. The minimum atomic E-state index is -0.0718. The Hall–Kier alpha value is -1.83. The van der Waals surface area contributed by atoms with Crippen LogP contribution in [0.3, 0.4) is 0 Å². The van der Waals surface area contributed by atoms with Crippen LogP contribution in [0.1, 0.15) is 30.9 Å². The van der Waals surface area contributed by atoms with Gasteiger partial charge in [0.05, 0.1) is 12.6 Å². The first-order valence-corrected chi connectivity index (χ1v) is 8.25. The van der Waals surface area contributed by atoms with Crippen molar-refractivity contribution in [3.8, 4) is 12.3 Å². The summed E-state index contributed by atoms with van der Waals surface area (Å²) in [5.41, 5.74) is 1.07. The summed E-state index contributed by atoms with van der Waals surface area (Å²) in [6.07, 6.45) is 7.61. The minimum Gasteiger partial charge on any atom is -0.396 e. The number of benzene rings is 1. The van der Waals surface area contributed by atoms with Crippen LogP contribution in [0.2, 0.25) is 0 Å². The molecule has 1 atom stereocenters. The van der Waals surface area contributed by atoms with Gasteiger partial charge in [-0.3, -0.25) is 9.69 Å². The number of aliphatic hydroxyl groups excluding tert-OH is 1. The Morgan fingerprint density at radius 2 is 2.04 bits per heavy atom. The molecule has 1 aliphatic heterocycles. The van der Waals surface area contributed by atoms with Gasteiger partial charge in [-0.05, 0) is 37.9 Å². The third-order valence-corrected chi connectivity index (χ3v) is 4.65. The predicted octanol–water partition coefficient (Wildman–Crippen LogP) is 1.91. The van der Waals surface area contributed by atoms with E-state index >= 15 is 0 Å². The highest BCUT2D eigenvalue weighted by Crippen LogP contribution is 2.27. The topological polar surface area (TPSA) is 43.8 Å². The summed E-state index contributed by atoms with van der Waals surface area (Å²) in [6, 6.07) is 9.85. The first kappa shape index (κ1) is 17.5. The number of aliphatic hydroxyl groups is 1. The number of nitrogens with zero attached hydrogens (tertiary/aromatic N) is 2. The van der Waals surface area contributed by atoms with Crippen molar-refractivity contribution in [2.45, 2.75) is 25.3 Å². The molecule has 4 heteroatoms. The molecule has 0 spiro atoms. The van der Waals surface area contributed by atoms with Gasteiger partial charge in [-0.1, -0.05) is 36.3 Å². The molecule has 1 aliphatic rings. The van der Waals surface area contributed by atoms with Gasteiger partial charge in [0, 0.05) is 19.6 Å². The maximum Gasteiger partial charge on any atom is 0.226 e. The number of piperidine rings is 1. The smallest absolute Gasteiger partial charge is 0.226 e. The van der Waals surface area contributed by atoms with Crippen molar-refractivity contribution in [3.63, 3.8) is 0 Å². The zero-order valence-corrected chi connectivity index (χ0v) is 13.8. The summed E-state index contributed by atoms with van der Waals surface area (Å²) in [4.78, 5) is 16.9. The Morgan fingerprint density at radius 1 is 1.39 bits per heavy atom. The van der Waals surface area contributed by atoms with E-state index in [-0.39, 0.29) is 24.5 Å². The largest absolute Gasteiger partial charge is 0.396 e. The number of rotatable bonds is 6. The highest BCUT2D eigenvalue weighted by molar-refractivity contribution is 5.79. The summed E-state index contributed by atoms with van der Waals surface area (Å²) in [5, 5.41) is 9.37. The van der Waals surface area contributed by atoms with Gasteiger partial charge in [0.1, 0.15) is 0 Å². The lowest BCUT2D eigenvalue weighted by Crippen LogP contribution is -2.42. The van der Waals surface area contributed by atoms with Crippen molar-refractivity contribution in [2.24, 2.45) is 5.92 Å².